The fourth-order valence-electron chi connectivity index (χ4n) is 2.63. The third-order valence-electron chi connectivity index (χ3n) is 4.08. The van der Waals surface area contributed by atoms with Crippen LogP contribution in [0.4, 0.5) is 5.69 Å². The second kappa shape index (κ2) is 8.40. The first kappa shape index (κ1) is 19.7. The van der Waals surface area contributed by atoms with Gasteiger partial charge in [0.1, 0.15) is 5.75 Å². The van der Waals surface area contributed by atoms with Gasteiger partial charge in [0, 0.05) is 18.1 Å². The normalized spacial score (nSPS) is 11.5. The molecule has 0 unspecified atom stereocenters. The molecule has 0 fully saturated rings. The van der Waals surface area contributed by atoms with Crippen LogP contribution in [0.3, 0.4) is 0 Å². The van der Waals surface area contributed by atoms with Crippen molar-refractivity contribution in [2.75, 3.05) is 11.8 Å². The molecule has 0 aliphatic rings. The van der Waals surface area contributed by atoms with Gasteiger partial charge in [-0.2, -0.15) is 0 Å². The van der Waals surface area contributed by atoms with Crippen LogP contribution in [0.5, 0.6) is 5.75 Å². The standard InChI is InChI=1S/C20H17N3O3S3/c1-26-16-5-7-17(8-6-16)29(24,25)23-15-4-9-18-19(11-15)28-20(22-18)27-13-14-3-2-10-21-12-14/h2-12,23H,13H2,1H3. The molecule has 0 radical (unpaired) electrons. The fourth-order valence-corrected chi connectivity index (χ4v) is 5.72. The lowest BCUT2D eigenvalue weighted by atomic mass is 10.3. The molecule has 0 amide bonds. The number of anilines is 1. The molecule has 29 heavy (non-hydrogen) atoms. The number of ether oxygens (including phenoxy) is 1. The molecule has 2 heterocycles. The molecule has 0 bridgehead atoms. The Morgan fingerprint density at radius 2 is 1.97 bits per heavy atom. The van der Waals surface area contributed by atoms with Crippen LogP contribution in [0.25, 0.3) is 10.2 Å². The molecule has 0 saturated heterocycles. The van der Waals surface area contributed by atoms with Gasteiger partial charge in [0.05, 0.1) is 27.9 Å². The van der Waals surface area contributed by atoms with Crippen molar-refractivity contribution in [1.82, 2.24) is 9.97 Å². The number of pyridine rings is 1. The van der Waals surface area contributed by atoms with Gasteiger partial charge in [0.25, 0.3) is 10.0 Å². The van der Waals surface area contributed by atoms with E-state index in [1.54, 1.807) is 36.2 Å². The van der Waals surface area contributed by atoms with Gasteiger partial charge >= 0.3 is 0 Å². The Morgan fingerprint density at radius 3 is 2.69 bits per heavy atom. The van der Waals surface area contributed by atoms with E-state index < -0.39 is 10.0 Å². The van der Waals surface area contributed by atoms with E-state index in [2.05, 4.69) is 14.7 Å². The number of nitrogens with one attached hydrogen (secondary N) is 1. The van der Waals surface area contributed by atoms with Crippen LogP contribution in [-0.2, 0) is 15.8 Å². The van der Waals surface area contributed by atoms with Gasteiger partial charge in [0.15, 0.2) is 4.34 Å². The van der Waals surface area contributed by atoms with E-state index in [9.17, 15) is 8.42 Å². The zero-order valence-corrected chi connectivity index (χ0v) is 17.9. The molecule has 9 heteroatoms. The van der Waals surface area contributed by atoms with Crippen LogP contribution < -0.4 is 9.46 Å². The summed E-state index contributed by atoms with van der Waals surface area (Å²) < 4.78 is 34.8. The number of benzene rings is 2. The molecule has 0 spiro atoms. The lowest BCUT2D eigenvalue weighted by Crippen LogP contribution is -2.12. The molecule has 0 saturated carbocycles. The first-order valence-electron chi connectivity index (χ1n) is 8.63. The van der Waals surface area contributed by atoms with Gasteiger partial charge < -0.3 is 4.74 Å². The average Bonchev–Trinajstić information content (AvgIpc) is 3.15. The summed E-state index contributed by atoms with van der Waals surface area (Å²) in [5.41, 5.74) is 2.47. The highest BCUT2D eigenvalue weighted by molar-refractivity contribution is 8.00. The number of sulfonamides is 1. The summed E-state index contributed by atoms with van der Waals surface area (Å²) in [6.45, 7) is 0. The van der Waals surface area contributed by atoms with Crippen molar-refractivity contribution in [1.29, 1.82) is 0 Å². The summed E-state index contributed by atoms with van der Waals surface area (Å²) in [5.74, 6) is 1.39. The average molecular weight is 444 g/mol. The van der Waals surface area contributed by atoms with Crippen molar-refractivity contribution in [3.63, 3.8) is 0 Å². The Kier molecular flexibility index (Phi) is 5.70. The summed E-state index contributed by atoms with van der Waals surface area (Å²) in [6, 6.07) is 15.6. The maximum atomic E-state index is 12.6. The Morgan fingerprint density at radius 1 is 1.14 bits per heavy atom. The Balaban J connectivity index is 1.50. The lowest BCUT2D eigenvalue weighted by molar-refractivity contribution is 0.414. The number of nitrogens with zero attached hydrogens (tertiary/aromatic N) is 2. The minimum Gasteiger partial charge on any atom is -0.497 e. The number of aromatic nitrogens is 2. The van der Waals surface area contributed by atoms with E-state index in [0.717, 1.165) is 25.9 Å². The number of hydrogen-bond donors (Lipinski definition) is 1. The van der Waals surface area contributed by atoms with Crippen molar-refractivity contribution in [3.8, 4) is 5.75 Å². The number of methoxy groups -OCH3 is 1. The van der Waals surface area contributed by atoms with E-state index in [0.29, 0.717) is 11.4 Å². The zero-order chi connectivity index (χ0) is 20.3. The molecule has 148 valence electrons. The highest BCUT2D eigenvalue weighted by Gasteiger charge is 2.15. The molecular formula is C20H17N3O3S3. The van der Waals surface area contributed by atoms with E-state index in [-0.39, 0.29) is 4.90 Å². The van der Waals surface area contributed by atoms with Crippen LogP contribution in [0.2, 0.25) is 0 Å². The molecule has 2 aromatic heterocycles. The lowest BCUT2D eigenvalue weighted by Gasteiger charge is -2.08. The van der Waals surface area contributed by atoms with E-state index >= 15 is 0 Å². The number of thioether (sulfide) groups is 1. The van der Waals surface area contributed by atoms with Gasteiger partial charge in [-0.15, -0.1) is 11.3 Å². The van der Waals surface area contributed by atoms with Gasteiger partial charge in [0.2, 0.25) is 0 Å². The highest BCUT2D eigenvalue weighted by Crippen LogP contribution is 2.33. The molecule has 4 rings (SSSR count). The molecular weight excluding hydrogens is 426 g/mol. The van der Waals surface area contributed by atoms with E-state index in [1.807, 2.05) is 30.5 Å². The second-order valence-electron chi connectivity index (χ2n) is 6.09. The Bertz CT molecular complexity index is 1220. The quantitative estimate of drug-likeness (QED) is 0.414. The molecule has 6 nitrogen and oxygen atoms in total. The van der Waals surface area contributed by atoms with Crippen LogP contribution in [0, 0.1) is 0 Å². The monoisotopic (exact) mass is 443 g/mol. The van der Waals surface area contributed by atoms with E-state index in [4.69, 9.17) is 4.74 Å². The van der Waals surface area contributed by atoms with Crippen LogP contribution in [0.15, 0.2) is 76.2 Å². The van der Waals surface area contributed by atoms with Crippen molar-refractivity contribution < 1.29 is 13.2 Å². The predicted octanol–water partition coefficient (Wildman–Crippen LogP) is 4.79. The fraction of sp³-hybridized carbons (Fsp3) is 0.100. The third-order valence-corrected chi connectivity index (χ3v) is 7.71. The molecule has 2 aromatic carbocycles. The topological polar surface area (TPSA) is 81.2 Å². The van der Waals surface area contributed by atoms with Gasteiger partial charge in [-0.1, -0.05) is 17.8 Å². The number of rotatable bonds is 7. The first-order valence-corrected chi connectivity index (χ1v) is 11.9. The smallest absolute Gasteiger partial charge is 0.261 e. The van der Waals surface area contributed by atoms with Crippen molar-refractivity contribution in [2.24, 2.45) is 0 Å². The third kappa shape index (κ3) is 4.69. The predicted molar refractivity (Wildman–Crippen MR) is 117 cm³/mol. The highest BCUT2D eigenvalue weighted by atomic mass is 32.2. The zero-order valence-electron chi connectivity index (χ0n) is 15.4. The van der Waals surface area contributed by atoms with E-state index in [1.165, 1.54) is 30.6 Å². The molecule has 4 aromatic rings. The summed E-state index contributed by atoms with van der Waals surface area (Å²) in [5, 5.41) is 0. The summed E-state index contributed by atoms with van der Waals surface area (Å²) in [7, 11) is -2.14. The summed E-state index contributed by atoms with van der Waals surface area (Å²) in [6.07, 6.45) is 3.59. The summed E-state index contributed by atoms with van der Waals surface area (Å²) in [4.78, 5) is 8.91. The SMILES string of the molecule is COc1ccc(S(=O)(=O)Nc2ccc3nc(SCc4cccnc4)sc3c2)cc1. The van der Waals surface area contributed by atoms with Gasteiger partial charge in [-0.05, 0) is 54.1 Å². The minimum absolute atomic E-state index is 0.176. The number of thiazole rings is 1. The number of hydrogen-bond acceptors (Lipinski definition) is 7. The van der Waals surface area contributed by atoms with Crippen LogP contribution in [0.1, 0.15) is 5.56 Å². The largest absolute Gasteiger partial charge is 0.497 e. The first-order chi connectivity index (χ1) is 14.0. The Hall–Kier alpha value is -2.62. The van der Waals surface area contributed by atoms with Crippen LogP contribution >= 0.6 is 23.1 Å². The Labute approximate surface area is 177 Å². The maximum absolute atomic E-state index is 12.6. The summed E-state index contributed by atoms with van der Waals surface area (Å²) >= 11 is 3.17. The molecule has 0 aliphatic carbocycles. The maximum Gasteiger partial charge on any atom is 0.261 e. The van der Waals surface area contributed by atoms with Gasteiger partial charge in [-0.3, -0.25) is 9.71 Å². The molecule has 0 atom stereocenters. The van der Waals surface area contributed by atoms with Crippen molar-refractivity contribution in [2.45, 2.75) is 15.0 Å². The molecule has 1 N–H and O–H groups in total. The minimum atomic E-state index is -3.68. The second-order valence-corrected chi connectivity index (χ2v) is 10.0. The van der Waals surface area contributed by atoms with Crippen LogP contribution in [-0.4, -0.2) is 25.5 Å². The van der Waals surface area contributed by atoms with Crippen molar-refractivity contribution in [3.05, 3.63) is 72.6 Å². The van der Waals surface area contributed by atoms with Crippen molar-refractivity contribution >= 4 is 49.0 Å². The van der Waals surface area contributed by atoms with Gasteiger partial charge in [-0.25, -0.2) is 13.4 Å². The number of fused-ring (bicyclic) bond motifs is 1. The molecule has 0 aliphatic heterocycles.